The Balaban J connectivity index is 1.60. The number of nitrogens with one attached hydrogen (secondary N) is 1. The predicted molar refractivity (Wildman–Crippen MR) is 103 cm³/mol. The lowest BCUT2D eigenvalue weighted by atomic mass is 10.1. The number of hydrogen-bond acceptors (Lipinski definition) is 6. The maximum atomic E-state index is 12.6. The summed E-state index contributed by atoms with van der Waals surface area (Å²) in [5, 5.41) is 11.3. The summed E-state index contributed by atoms with van der Waals surface area (Å²) < 4.78 is 11.8. The van der Waals surface area contributed by atoms with E-state index < -0.39 is 6.04 Å². The molecule has 1 fully saturated rings. The third-order valence-electron chi connectivity index (χ3n) is 4.51. The Morgan fingerprint density at radius 2 is 1.81 bits per heavy atom. The number of furan rings is 1. The molecule has 3 heterocycles. The fourth-order valence-electron chi connectivity index (χ4n) is 3.13. The van der Waals surface area contributed by atoms with Crippen LogP contribution in [0.2, 0.25) is 0 Å². The van der Waals surface area contributed by atoms with Gasteiger partial charge in [0.1, 0.15) is 6.04 Å². The van der Waals surface area contributed by atoms with Crippen molar-refractivity contribution in [1.82, 2.24) is 15.5 Å². The second kappa shape index (κ2) is 7.96. The van der Waals surface area contributed by atoms with Gasteiger partial charge in [0.05, 0.1) is 0 Å². The quantitative estimate of drug-likeness (QED) is 0.659. The van der Waals surface area contributed by atoms with Crippen molar-refractivity contribution in [3.8, 4) is 0 Å². The van der Waals surface area contributed by atoms with Crippen molar-refractivity contribution in [2.45, 2.75) is 25.3 Å². The van der Waals surface area contributed by atoms with Crippen molar-refractivity contribution in [2.24, 2.45) is 0 Å². The number of anilines is 1. The van der Waals surface area contributed by atoms with Crippen molar-refractivity contribution >= 4 is 27.9 Å². The minimum Gasteiger partial charge on any atom is -0.444 e. The molecular formula is C19H19BrN4O3. The number of halogens is 1. The van der Waals surface area contributed by atoms with Crippen molar-refractivity contribution < 1.29 is 13.6 Å². The van der Waals surface area contributed by atoms with Crippen LogP contribution in [0.4, 0.5) is 6.01 Å². The molecule has 3 aromatic rings. The van der Waals surface area contributed by atoms with Gasteiger partial charge in [-0.25, -0.2) is 0 Å². The fraction of sp³-hybridized carbons (Fsp3) is 0.316. The monoisotopic (exact) mass is 430 g/mol. The number of amides is 1. The molecule has 0 aliphatic carbocycles. The normalized spacial score (nSPS) is 15.5. The van der Waals surface area contributed by atoms with Gasteiger partial charge in [0.2, 0.25) is 5.89 Å². The molecule has 0 spiro atoms. The summed E-state index contributed by atoms with van der Waals surface area (Å²) in [5.41, 5.74) is 0.852. The van der Waals surface area contributed by atoms with E-state index in [1.807, 2.05) is 30.3 Å². The van der Waals surface area contributed by atoms with E-state index in [0.29, 0.717) is 16.6 Å². The summed E-state index contributed by atoms with van der Waals surface area (Å²) in [6.45, 7) is 1.81. The van der Waals surface area contributed by atoms with Gasteiger partial charge in [0, 0.05) is 13.1 Å². The van der Waals surface area contributed by atoms with Crippen LogP contribution in [-0.4, -0.2) is 29.2 Å². The van der Waals surface area contributed by atoms with E-state index in [1.165, 1.54) is 6.42 Å². The number of benzene rings is 1. The average Bonchev–Trinajstić information content (AvgIpc) is 3.37. The Bertz CT molecular complexity index is 903. The topological polar surface area (TPSA) is 84.4 Å². The molecule has 1 saturated heterocycles. The van der Waals surface area contributed by atoms with E-state index in [4.69, 9.17) is 8.83 Å². The van der Waals surface area contributed by atoms with Crippen LogP contribution in [0, 0.1) is 0 Å². The summed E-state index contributed by atoms with van der Waals surface area (Å²) in [5.74, 6) is 0.201. The van der Waals surface area contributed by atoms with Crippen LogP contribution in [-0.2, 0) is 0 Å². The zero-order valence-electron chi connectivity index (χ0n) is 14.6. The Morgan fingerprint density at radius 1 is 1.04 bits per heavy atom. The van der Waals surface area contributed by atoms with Crippen LogP contribution in [0.1, 0.15) is 47.3 Å². The van der Waals surface area contributed by atoms with E-state index in [0.717, 1.165) is 31.5 Å². The van der Waals surface area contributed by atoms with E-state index >= 15 is 0 Å². The van der Waals surface area contributed by atoms with Gasteiger partial charge in [0.15, 0.2) is 10.4 Å². The smallest absolute Gasteiger partial charge is 0.318 e. The highest BCUT2D eigenvalue weighted by Gasteiger charge is 2.26. The lowest BCUT2D eigenvalue weighted by molar-refractivity contribution is 0.0908. The van der Waals surface area contributed by atoms with Crippen molar-refractivity contribution in [1.29, 1.82) is 0 Å². The molecule has 1 aliphatic rings. The van der Waals surface area contributed by atoms with E-state index in [-0.39, 0.29) is 11.7 Å². The lowest BCUT2D eigenvalue weighted by Gasteiger charge is -2.24. The fourth-order valence-corrected chi connectivity index (χ4v) is 3.43. The van der Waals surface area contributed by atoms with E-state index in [2.05, 4.69) is 36.3 Å². The van der Waals surface area contributed by atoms with Crippen molar-refractivity contribution in [3.05, 3.63) is 64.3 Å². The molecule has 1 aromatic carbocycles. The molecule has 8 heteroatoms. The second-order valence-corrected chi connectivity index (χ2v) is 7.17. The molecule has 0 unspecified atom stereocenters. The number of hydrogen-bond donors (Lipinski definition) is 1. The van der Waals surface area contributed by atoms with Gasteiger partial charge in [-0.15, -0.1) is 5.10 Å². The molecule has 7 nitrogen and oxygen atoms in total. The molecule has 1 N–H and O–H groups in total. The van der Waals surface area contributed by atoms with Crippen molar-refractivity contribution in [2.75, 3.05) is 18.0 Å². The summed E-state index contributed by atoms with van der Waals surface area (Å²) >= 11 is 3.21. The molecule has 0 saturated carbocycles. The summed E-state index contributed by atoms with van der Waals surface area (Å²) in [6, 6.07) is 12.8. The van der Waals surface area contributed by atoms with Crippen LogP contribution in [0.3, 0.4) is 0 Å². The molecule has 27 heavy (non-hydrogen) atoms. The molecular weight excluding hydrogens is 412 g/mol. The van der Waals surface area contributed by atoms with Crippen LogP contribution in [0.5, 0.6) is 0 Å². The standard InChI is InChI=1S/C19H19BrN4O3/c20-15-10-9-14(26-15)17(25)21-16(13-7-3-1-4-8-13)18-22-23-19(27-18)24-11-5-2-6-12-24/h1,3-4,7-10,16H,2,5-6,11-12H2,(H,21,25)/t16-/m1/s1. The molecule has 1 atom stereocenters. The van der Waals surface area contributed by atoms with E-state index in [9.17, 15) is 4.79 Å². The van der Waals surface area contributed by atoms with Gasteiger partial charge < -0.3 is 19.1 Å². The molecule has 0 radical (unpaired) electrons. The molecule has 1 amide bonds. The highest BCUT2D eigenvalue weighted by atomic mass is 79.9. The number of nitrogens with zero attached hydrogens (tertiary/aromatic N) is 3. The molecule has 1 aliphatic heterocycles. The Kier molecular flexibility index (Phi) is 5.24. The minimum absolute atomic E-state index is 0.207. The van der Waals surface area contributed by atoms with Gasteiger partial charge >= 0.3 is 6.01 Å². The number of carbonyl (C=O) groups excluding carboxylic acids is 1. The van der Waals surface area contributed by atoms with Crippen LogP contribution in [0.15, 0.2) is 56.0 Å². The SMILES string of the molecule is O=C(N[C@H](c1ccccc1)c1nnc(N2CCCCC2)o1)c1ccc(Br)o1. The third kappa shape index (κ3) is 4.05. The summed E-state index contributed by atoms with van der Waals surface area (Å²) in [4.78, 5) is 14.7. The minimum atomic E-state index is -0.561. The molecule has 0 bridgehead atoms. The van der Waals surface area contributed by atoms with E-state index in [1.54, 1.807) is 12.1 Å². The van der Waals surface area contributed by atoms with Gasteiger partial charge in [-0.2, -0.15) is 0 Å². The van der Waals surface area contributed by atoms with Crippen LogP contribution < -0.4 is 10.2 Å². The largest absolute Gasteiger partial charge is 0.444 e. The number of rotatable bonds is 5. The number of carbonyl (C=O) groups is 1. The number of piperidine rings is 1. The van der Waals surface area contributed by atoms with Gasteiger partial charge in [-0.1, -0.05) is 35.4 Å². The van der Waals surface area contributed by atoms with Gasteiger partial charge in [-0.3, -0.25) is 4.79 Å². The Labute approximate surface area is 164 Å². The number of aromatic nitrogens is 2. The molecule has 2 aromatic heterocycles. The first-order chi connectivity index (χ1) is 13.2. The first kappa shape index (κ1) is 17.8. The van der Waals surface area contributed by atoms with Gasteiger partial charge in [0.25, 0.3) is 5.91 Å². The zero-order valence-corrected chi connectivity index (χ0v) is 16.2. The average molecular weight is 431 g/mol. The van der Waals surface area contributed by atoms with Gasteiger partial charge in [-0.05, 0) is 52.9 Å². The maximum Gasteiger partial charge on any atom is 0.318 e. The molecule has 140 valence electrons. The van der Waals surface area contributed by atoms with Crippen LogP contribution >= 0.6 is 15.9 Å². The highest BCUT2D eigenvalue weighted by molar-refractivity contribution is 9.10. The Hall–Kier alpha value is -2.61. The first-order valence-corrected chi connectivity index (χ1v) is 9.69. The van der Waals surface area contributed by atoms with Crippen LogP contribution in [0.25, 0.3) is 0 Å². The lowest BCUT2D eigenvalue weighted by Crippen LogP contribution is -2.30. The summed E-state index contributed by atoms with van der Waals surface area (Å²) in [7, 11) is 0. The third-order valence-corrected chi connectivity index (χ3v) is 4.94. The summed E-state index contributed by atoms with van der Waals surface area (Å²) in [6.07, 6.45) is 3.45. The van der Waals surface area contributed by atoms with Crippen molar-refractivity contribution in [3.63, 3.8) is 0 Å². The maximum absolute atomic E-state index is 12.6. The highest BCUT2D eigenvalue weighted by Crippen LogP contribution is 2.26. The Morgan fingerprint density at radius 3 is 2.52 bits per heavy atom. The second-order valence-electron chi connectivity index (χ2n) is 6.39. The first-order valence-electron chi connectivity index (χ1n) is 8.90. The predicted octanol–water partition coefficient (Wildman–Crippen LogP) is 3.93. The molecule has 4 rings (SSSR count). The zero-order chi connectivity index (χ0) is 18.6.